The Morgan fingerprint density at radius 1 is 1.15 bits per heavy atom. The average molecular weight is 272 g/mol. The van der Waals surface area contributed by atoms with Crippen molar-refractivity contribution in [1.29, 1.82) is 0 Å². The van der Waals surface area contributed by atoms with Crippen LogP contribution in [0.3, 0.4) is 0 Å². The van der Waals surface area contributed by atoms with Gasteiger partial charge in [-0.15, -0.1) is 0 Å². The molecule has 0 spiro atoms. The molecule has 0 saturated carbocycles. The second-order valence-electron chi connectivity index (χ2n) is 4.58. The molecule has 1 aliphatic carbocycles. The first-order valence-electron chi connectivity index (χ1n) is 7.72. The second kappa shape index (κ2) is 9.51. The Labute approximate surface area is 124 Å². The Morgan fingerprint density at radius 2 is 1.85 bits per heavy atom. The lowest BCUT2D eigenvalue weighted by Gasteiger charge is -2.31. The molecule has 110 valence electrons. The first-order valence-corrected chi connectivity index (χ1v) is 7.72. The molecule has 0 fully saturated rings. The molecule has 2 nitrogen and oxygen atoms in total. The van der Waals surface area contributed by atoms with E-state index >= 15 is 0 Å². The molecule has 0 bridgehead atoms. The predicted octanol–water partition coefficient (Wildman–Crippen LogP) is 4.27. The number of nitrogens with two attached hydrogens (primary N) is 1. The SMILES string of the molecule is CC.CCN(CN)C(C1=CCCC=C1)c1ccccc1. The Hall–Kier alpha value is -1.38. The molecule has 20 heavy (non-hydrogen) atoms. The third kappa shape index (κ3) is 4.32. The van der Waals surface area contributed by atoms with Crippen LogP contribution in [0, 0.1) is 0 Å². The highest BCUT2D eigenvalue weighted by Gasteiger charge is 2.21. The maximum absolute atomic E-state index is 5.90. The quantitative estimate of drug-likeness (QED) is 0.811. The molecule has 1 atom stereocenters. The maximum atomic E-state index is 5.90. The van der Waals surface area contributed by atoms with Gasteiger partial charge in [-0.2, -0.15) is 0 Å². The van der Waals surface area contributed by atoms with Crippen molar-refractivity contribution >= 4 is 0 Å². The van der Waals surface area contributed by atoms with E-state index in [-0.39, 0.29) is 6.04 Å². The zero-order valence-corrected chi connectivity index (χ0v) is 13.0. The van der Waals surface area contributed by atoms with Crippen LogP contribution in [0.25, 0.3) is 0 Å². The molecule has 1 unspecified atom stereocenters. The van der Waals surface area contributed by atoms with E-state index < -0.39 is 0 Å². The molecule has 1 aromatic carbocycles. The van der Waals surface area contributed by atoms with Crippen LogP contribution in [0.5, 0.6) is 0 Å². The normalized spacial score (nSPS) is 15.3. The minimum atomic E-state index is 0.290. The standard InChI is InChI=1S/C16H22N2.C2H6/c1-2-18(13-17)16(14-9-5-3-6-10-14)15-11-7-4-8-12-15;1-2/h3,5-7,9-12,16H,2,4,8,13,17H2,1H3;1-2H3. The van der Waals surface area contributed by atoms with Crippen LogP contribution in [0.1, 0.15) is 45.2 Å². The van der Waals surface area contributed by atoms with E-state index in [4.69, 9.17) is 5.73 Å². The summed E-state index contributed by atoms with van der Waals surface area (Å²) in [6.07, 6.45) is 9.14. The van der Waals surface area contributed by atoms with Crippen LogP contribution >= 0.6 is 0 Å². The number of hydrogen-bond acceptors (Lipinski definition) is 2. The van der Waals surface area contributed by atoms with Crippen molar-refractivity contribution in [2.24, 2.45) is 5.73 Å². The highest BCUT2D eigenvalue weighted by molar-refractivity contribution is 5.35. The van der Waals surface area contributed by atoms with Crippen LogP contribution in [0.4, 0.5) is 0 Å². The van der Waals surface area contributed by atoms with Gasteiger partial charge in [0.15, 0.2) is 0 Å². The number of nitrogens with zero attached hydrogens (tertiary/aromatic N) is 1. The molecular formula is C18H28N2. The average Bonchev–Trinajstić information content (AvgIpc) is 2.56. The summed E-state index contributed by atoms with van der Waals surface area (Å²) in [5, 5.41) is 0. The van der Waals surface area contributed by atoms with Gasteiger partial charge in [-0.1, -0.05) is 69.3 Å². The van der Waals surface area contributed by atoms with E-state index in [9.17, 15) is 0 Å². The van der Waals surface area contributed by atoms with Crippen LogP contribution in [0.2, 0.25) is 0 Å². The van der Waals surface area contributed by atoms with E-state index in [1.54, 1.807) is 0 Å². The molecule has 2 heteroatoms. The Kier molecular flexibility index (Phi) is 7.93. The predicted molar refractivity (Wildman–Crippen MR) is 88.4 cm³/mol. The molecule has 0 aliphatic heterocycles. The third-order valence-electron chi connectivity index (χ3n) is 3.46. The Bertz CT molecular complexity index is 416. The summed E-state index contributed by atoms with van der Waals surface area (Å²) in [6.45, 7) is 7.71. The van der Waals surface area contributed by atoms with Gasteiger partial charge in [-0.25, -0.2) is 0 Å². The molecule has 1 aliphatic rings. The molecular weight excluding hydrogens is 244 g/mol. The molecule has 0 radical (unpaired) electrons. The molecule has 1 aromatic rings. The molecule has 0 heterocycles. The van der Waals surface area contributed by atoms with Crippen molar-refractivity contribution in [3.63, 3.8) is 0 Å². The highest BCUT2D eigenvalue weighted by Crippen LogP contribution is 2.30. The Morgan fingerprint density at radius 3 is 2.35 bits per heavy atom. The fraction of sp³-hybridized carbons (Fsp3) is 0.444. The molecule has 2 rings (SSSR count). The zero-order valence-electron chi connectivity index (χ0n) is 13.0. The molecule has 2 N–H and O–H groups in total. The number of allylic oxidation sites excluding steroid dienone is 2. The van der Waals surface area contributed by atoms with Gasteiger partial charge in [0.05, 0.1) is 6.04 Å². The first kappa shape index (κ1) is 16.7. The highest BCUT2D eigenvalue weighted by atomic mass is 15.2. The molecule has 0 aromatic heterocycles. The summed E-state index contributed by atoms with van der Waals surface area (Å²) >= 11 is 0. The van der Waals surface area contributed by atoms with Crippen molar-refractivity contribution in [3.05, 3.63) is 59.7 Å². The minimum absolute atomic E-state index is 0.290. The lowest BCUT2D eigenvalue weighted by atomic mass is 9.93. The van der Waals surface area contributed by atoms with E-state index in [0.717, 1.165) is 19.4 Å². The molecule has 0 saturated heterocycles. The summed E-state index contributed by atoms with van der Waals surface area (Å²) in [5.41, 5.74) is 8.60. The fourth-order valence-electron chi connectivity index (χ4n) is 2.50. The summed E-state index contributed by atoms with van der Waals surface area (Å²) < 4.78 is 0. The smallest absolute Gasteiger partial charge is 0.0609 e. The second-order valence-corrected chi connectivity index (χ2v) is 4.58. The van der Waals surface area contributed by atoms with E-state index in [0.29, 0.717) is 6.67 Å². The lowest BCUT2D eigenvalue weighted by Crippen LogP contribution is -2.34. The summed E-state index contributed by atoms with van der Waals surface area (Å²) in [5.74, 6) is 0. The third-order valence-corrected chi connectivity index (χ3v) is 3.46. The monoisotopic (exact) mass is 272 g/mol. The van der Waals surface area contributed by atoms with Gasteiger partial charge >= 0.3 is 0 Å². The van der Waals surface area contributed by atoms with E-state index in [1.807, 2.05) is 13.8 Å². The first-order chi connectivity index (χ1) is 9.86. The topological polar surface area (TPSA) is 29.3 Å². The number of hydrogen-bond donors (Lipinski definition) is 1. The summed E-state index contributed by atoms with van der Waals surface area (Å²) in [4.78, 5) is 2.30. The van der Waals surface area contributed by atoms with Gasteiger partial charge in [-0.3, -0.25) is 4.90 Å². The van der Waals surface area contributed by atoms with Gasteiger partial charge in [0.25, 0.3) is 0 Å². The van der Waals surface area contributed by atoms with Crippen LogP contribution < -0.4 is 5.73 Å². The van der Waals surface area contributed by atoms with Gasteiger partial charge < -0.3 is 5.73 Å². The van der Waals surface area contributed by atoms with Crippen molar-refractivity contribution in [3.8, 4) is 0 Å². The van der Waals surface area contributed by atoms with Gasteiger partial charge in [0.1, 0.15) is 0 Å². The van der Waals surface area contributed by atoms with E-state index in [1.165, 1.54) is 11.1 Å². The van der Waals surface area contributed by atoms with Crippen molar-refractivity contribution < 1.29 is 0 Å². The number of rotatable bonds is 5. The van der Waals surface area contributed by atoms with Crippen molar-refractivity contribution in [1.82, 2.24) is 4.90 Å². The lowest BCUT2D eigenvalue weighted by molar-refractivity contribution is 0.243. The van der Waals surface area contributed by atoms with Gasteiger partial charge in [0, 0.05) is 6.67 Å². The molecule has 0 amide bonds. The van der Waals surface area contributed by atoms with Crippen LogP contribution in [0.15, 0.2) is 54.1 Å². The summed E-state index contributed by atoms with van der Waals surface area (Å²) in [6, 6.07) is 10.9. The van der Waals surface area contributed by atoms with Crippen LogP contribution in [-0.4, -0.2) is 18.1 Å². The van der Waals surface area contributed by atoms with Crippen molar-refractivity contribution in [2.75, 3.05) is 13.2 Å². The zero-order chi connectivity index (χ0) is 14.8. The summed E-state index contributed by atoms with van der Waals surface area (Å²) in [7, 11) is 0. The van der Waals surface area contributed by atoms with Crippen LogP contribution in [-0.2, 0) is 0 Å². The van der Waals surface area contributed by atoms with Crippen molar-refractivity contribution in [2.45, 2.75) is 39.7 Å². The van der Waals surface area contributed by atoms with Gasteiger partial charge in [-0.05, 0) is 30.5 Å². The minimum Gasteiger partial charge on any atom is -0.318 e. The maximum Gasteiger partial charge on any atom is 0.0609 e. The number of likely N-dealkylation sites (N-methyl/N-ethyl adjacent to an activating group) is 1. The number of benzene rings is 1. The van der Waals surface area contributed by atoms with E-state index in [2.05, 4.69) is 60.4 Å². The largest absolute Gasteiger partial charge is 0.318 e. The Balaban J connectivity index is 0.000000956. The van der Waals surface area contributed by atoms with Gasteiger partial charge in [0.2, 0.25) is 0 Å². The fourth-order valence-corrected chi connectivity index (χ4v) is 2.50.